The molecule has 1 fully saturated rings. The summed E-state index contributed by atoms with van der Waals surface area (Å²) in [6, 6.07) is 15.1. The molecule has 1 aliphatic heterocycles. The second-order valence-corrected chi connectivity index (χ2v) is 9.15. The lowest BCUT2D eigenvalue weighted by atomic mass is 10.0. The Bertz CT molecular complexity index is 1130. The van der Waals surface area contributed by atoms with Crippen LogP contribution in [-0.2, 0) is 6.61 Å². The van der Waals surface area contributed by atoms with Crippen LogP contribution in [0.5, 0.6) is 5.75 Å². The number of halogens is 2. The van der Waals surface area contributed by atoms with Crippen molar-refractivity contribution in [3.8, 4) is 16.9 Å². The summed E-state index contributed by atoms with van der Waals surface area (Å²) in [6.45, 7) is 1.71. The molecule has 0 bridgehead atoms. The summed E-state index contributed by atoms with van der Waals surface area (Å²) < 4.78 is 5.88. The van der Waals surface area contributed by atoms with Crippen molar-refractivity contribution in [2.45, 2.75) is 19.1 Å². The molecular weight excluding hydrogens is 459 g/mol. The van der Waals surface area contributed by atoms with Gasteiger partial charge in [0.25, 0.3) is 5.91 Å². The lowest BCUT2D eigenvalue weighted by Crippen LogP contribution is -2.34. The zero-order valence-electron chi connectivity index (χ0n) is 18.6. The third kappa shape index (κ3) is 5.24. The molecule has 4 rings (SSSR count). The number of nitrogens with zero attached hydrogens (tertiary/aromatic N) is 3. The third-order valence-corrected chi connectivity index (χ3v) is 6.67. The Morgan fingerprint density at radius 3 is 2.48 bits per heavy atom. The minimum atomic E-state index is 0.0574. The Kier molecular flexibility index (Phi) is 7.08. The fraction of sp³-hybridized carbons (Fsp3) is 0.280. The number of hydrogen-bond donors (Lipinski definition) is 1. The molecule has 0 radical (unpaired) electrons. The molecule has 2 heterocycles. The number of hydrogen-bond acceptors (Lipinski definition) is 5. The normalized spacial score (nSPS) is 15.8. The number of ether oxygens (including phenoxy) is 1. The number of carbonyl (C=O) groups excluding carboxylic acids is 1. The van der Waals surface area contributed by atoms with Gasteiger partial charge in [-0.05, 0) is 56.4 Å². The van der Waals surface area contributed by atoms with E-state index >= 15 is 0 Å². The van der Waals surface area contributed by atoms with Crippen LogP contribution in [0, 0.1) is 0 Å². The van der Waals surface area contributed by atoms with Crippen LogP contribution in [0.3, 0.4) is 0 Å². The molecule has 1 aliphatic rings. The number of likely N-dealkylation sites (N-methyl/N-ethyl adjacent to an activating group) is 1. The fourth-order valence-corrected chi connectivity index (χ4v) is 4.39. The van der Waals surface area contributed by atoms with Crippen LogP contribution >= 0.6 is 23.2 Å². The lowest BCUT2D eigenvalue weighted by Gasteiger charge is -2.20. The van der Waals surface area contributed by atoms with Gasteiger partial charge in [0.15, 0.2) is 11.6 Å². The van der Waals surface area contributed by atoms with Crippen LogP contribution in [0.1, 0.15) is 22.3 Å². The second-order valence-electron chi connectivity index (χ2n) is 8.33. The van der Waals surface area contributed by atoms with Crippen LogP contribution in [0.4, 0.5) is 5.82 Å². The van der Waals surface area contributed by atoms with Crippen LogP contribution < -0.4 is 10.5 Å². The molecule has 1 amide bonds. The summed E-state index contributed by atoms with van der Waals surface area (Å²) in [5, 5.41) is 1.06. The third-order valence-electron chi connectivity index (χ3n) is 5.96. The van der Waals surface area contributed by atoms with Gasteiger partial charge in [0, 0.05) is 52.1 Å². The summed E-state index contributed by atoms with van der Waals surface area (Å²) in [5.41, 5.74) is 9.12. The number of likely N-dealkylation sites (tertiary alicyclic amines) is 1. The summed E-state index contributed by atoms with van der Waals surface area (Å²) in [4.78, 5) is 21.2. The first kappa shape index (κ1) is 23.4. The summed E-state index contributed by atoms with van der Waals surface area (Å²) in [6.07, 6.45) is 2.68. The molecule has 172 valence electrons. The van der Waals surface area contributed by atoms with Gasteiger partial charge in [0.1, 0.15) is 6.61 Å². The fourth-order valence-electron chi connectivity index (χ4n) is 3.88. The van der Waals surface area contributed by atoms with Crippen LogP contribution in [0.25, 0.3) is 11.1 Å². The molecule has 2 aromatic carbocycles. The van der Waals surface area contributed by atoms with E-state index in [1.165, 1.54) is 0 Å². The molecule has 6 nitrogen and oxygen atoms in total. The van der Waals surface area contributed by atoms with Crippen molar-refractivity contribution in [2.75, 3.05) is 32.9 Å². The number of nitrogens with two attached hydrogens (primary N) is 1. The van der Waals surface area contributed by atoms with E-state index in [1.54, 1.807) is 24.4 Å². The first-order chi connectivity index (χ1) is 15.8. The monoisotopic (exact) mass is 484 g/mol. The maximum absolute atomic E-state index is 12.9. The number of benzene rings is 2. The van der Waals surface area contributed by atoms with Gasteiger partial charge in [-0.2, -0.15) is 0 Å². The highest BCUT2D eigenvalue weighted by Crippen LogP contribution is 2.30. The first-order valence-corrected chi connectivity index (χ1v) is 11.5. The number of pyridine rings is 1. The highest BCUT2D eigenvalue weighted by atomic mass is 35.5. The van der Waals surface area contributed by atoms with Crippen LogP contribution in [0.15, 0.2) is 54.7 Å². The molecule has 1 unspecified atom stereocenters. The van der Waals surface area contributed by atoms with Gasteiger partial charge in [0.05, 0.1) is 0 Å². The SMILES string of the molecule is CN(C)C1CCN(C(=O)c2ccc(-c3cnc(N)c(OCc4c(Cl)cccc4Cl)c3)cc2)C1. The van der Waals surface area contributed by atoms with E-state index in [0.717, 1.165) is 30.6 Å². The maximum atomic E-state index is 12.9. The second kappa shape index (κ2) is 10.00. The van der Waals surface area contributed by atoms with E-state index in [0.29, 0.717) is 33.0 Å². The zero-order valence-corrected chi connectivity index (χ0v) is 20.1. The largest absolute Gasteiger partial charge is 0.485 e. The van der Waals surface area contributed by atoms with Crippen LogP contribution in [0.2, 0.25) is 10.0 Å². The van der Waals surface area contributed by atoms with Gasteiger partial charge in [-0.15, -0.1) is 0 Å². The number of carbonyl (C=O) groups is 1. The average molecular weight is 485 g/mol. The predicted octanol–water partition coefficient (Wildman–Crippen LogP) is 4.99. The lowest BCUT2D eigenvalue weighted by molar-refractivity contribution is 0.0783. The van der Waals surface area contributed by atoms with Gasteiger partial charge >= 0.3 is 0 Å². The van der Waals surface area contributed by atoms with Crippen molar-refractivity contribution in [1.29, 1.82) is 0 Å². The van der Waals surface area contributed by atoms with Gasteiger partial charge in [-0.25, -0.2) is 4.98 Å². The molecule has 1 aromatic heterocycles. The van der Waals surface area contributed by atoms with Crippen molar-refractivity contribution in [3.63, 3.8) is 0 Å². The minimum Gasteiger partial charge on any atom is -0.485 e. The summed E-state index contributed by atoms with van der Waals surface area (Å²) in [5.74, 6) is 0.774. The van der Waals surface area contributed by atoms with E-state index in [4.69, 9.17) is 33.7 Å². The summed E-state index contributed by atoms with van der Waals surface area (Å²) in [7, 11) is 4.10. The molecule has 8 heteroatoms. The van der Waals surface area contributed by atoms with E-state index < -0.39 is 0 Å². The standard InChI is InChI=1S/C25H26Cl2N4O2/c1-30(2)19-10-11-31(14-19)25(32)17-8-6-16(7-9-17)18-12-23(24(28)29-13-18)33-15-20-21(26)4-3-5-22(20)27/h3-9,12-13,19H,10-11,14-15H2,1-2H3,(H2,28,29). The molecule has 0 saturated carbocycles. The van der Waals surface area contributed by atoms with Gasteiger partial charge in [-0.1, -0.05) is 41.4 Å². The van der Waals surface area contributed by atoms with E-state index in [-0.39, 0.29) is 18.3 Å². The smallest absolute Gasteiger partial charge is 0.253 e. The zero-order chi connectivity index (χ0) is 23.5. The quantitative estimate of drug-likeness (QED) is 0.533. The maximum Gasteiger partial charge on any atom is 0.253 e. The highest BCUT2D eigenvalue weighted by Gasteiger charge is 2.28. The van der Waals surface area contributed by atoms with Crippen molar-refractivity contribution in [2.24, 2.45) is 0 Å². The van der Waals surface area contributed by atoms with Gasteiger partial charge in [0.2, 0.25) is 0 Å². The number of rotatable bonds is 6. The van der Waals surface area contributed by atoms with E-state index in [1.807, 2.05) is 35.2 Å². The Morgan fingerprint density at radius 2 is 1.85 bits per heavy atom. The molecule has 1 saturated heterocycles. The minimum absolute atomic E-state index is 0.0574. The Balaban J connectivity index is 1.48. The average Bonchev–Trinajstić information content (AvgIpc) is 3.30. The number of nitrogen functional groups attached to an aromatic ring is 1. The van der Waals surface area contributed by atoms with Gasteiger partial charge < -0.3 is 20.3 Å². The number of anilines is 1. The van der Waals surface area contributed by atoms with E-state index in [9.17, 15) is 4.79 Å². The van der Waals surface area contributed by atoms with Gasteiger partial charge in [-0.3, -0.25) is 4.79 Å². The molecule has 2 N–H and O–H groups in total. The predicted molar refractivity (Wildman–Crippen MR) is 133 cm³/mol. The molecule has 1 atom stereocenters. The Labute approximate surface area is 203 Å². The molecule has 0 spiro atoms. The Hall–Kier alpha value is -2.80. The number of amides is 1. The van der Waals surface area contributed by atoms with Crippen molar-refractivity contribution < 1.29 is 9.53 Å². The van der Waals surface area contributed by atoms with Crippen molar-refractivity contribution in [3.05, 3.63) is 75.9 Å². The first-order valence-electron chi connectivity index (χ1n) is 10.7. The molecule has 0 aliphatic carbocycles. The topological polar surface area (TPSA) is 71.7 Å². The van der Waals surface area contributed by atoms with Crippen LogP contribution in [-0.4, -0.2) is 53.9 Å². The van der Waals surface area contributed by atoms with Crippen molar-refractivity contribution >= 4 is 34.9 Å². The van der Waals surface area contributed by atoms with Crippen molar-refractivity contribution in [1.82, 2.24) is 14.8 Å². The highest BCUT2D eigenvalue weighted by molar-refractivity contribution is 6.35. The molecule has 33 heavy (non-hydrogen) atoms. The summed E-state index contributed by atoms with van der Waals surface area (Å²) >= 11 is 12.5. The van der Waals surface area contributed by atoms with E-state index in [2.05, 4.69) is 24.0 Å². The number of aromatic nitrogens is 1. The molecular formula is C25H26Cl2N4O2. The molecule has 3 aromatic rings. The Morgan fingerprint density at radius 1 is 1.15 bits per heavy atom.